The second kappa shape index (κ2) is 5.86. The lowest BCUT2D eigenvalue weighted by atomic mass is 10.0. The van der Waals surface area contributed by atoms with Gasteiger partial charge in [0.1, 0.15) is 6.23 Å². The number of hydrogen-bond acceptors (Lipinski definition) is 3. The first-order valence-electron chi connectivity index (χ1n) is 6.25. The molecule has 2 atom stereocenters. The number of aliphatic hydroxyl groups is 1. The molecule has 0 radical (unpaired) electrons. The number of benzene rings is 2. The Balaban J connectivity index is 2.12. The van der Waals surface area contributed by atoms with E-state index in [1.165, 1.54) is 0 Å². The summed E-state index contributed by atoms with van der Waals surface area (Å²) < 4.78 is 0. The van der Waals surface area contributed by atoms with Crippen LogP contribution in [-0.4, -0.2) is 17.1 Å². The highest BCUT2D eigenvalue weighted by atomic mass is 35.5. The number of nitrogens with one attached hydrogen (secondary N) is 1. The van der Waals surface area contributed by atoms with Gasteiger partial charge in [0.05, 0.1) is 5.25 Å². The van der Waals surface area contributed by atoms with E-state index in [1.807, 2.05) is 42.5 Å². The van der Waals surface area contributed by atoms with E-state index in [0.29, 0.717) is 10.8 Å². The lowest BCUT2D eigenvalue weighted by molar-refractivity contribution is 0.229. The third-order valence-electron chi connectivity index (χ3n) is 3.23. The zero-order valence-corrected chi connectivity index (χ0v) is 12.8. The van der Waals surface area contributed by atoms with Crippen LogP contribution in [-0.2, 0) is 0 Å². The Morgan fingerprint density at radius 1 is 1.10 bits per heavy atom. The van der Waals surface area contributed by atoms with Gasteiger partial charge in [-0.3, -0.25) is 0 Å². The first-order valence-corrected chi connectivity index (χ1v) is 8.05. The van der Waals surface area contributed by atoms with E-state index in [9.17, 15) is 5.11 Å². The van der Waals surface area contributed by atoms with Gasteiger partial charge in [0, 0.05) is 21.5 Å². The molecule has 5 heteroatoms. The Morgan fingerprint density at radius 2 is 1.90 bits per heavy atom. The molecule has 3 rings (SSSR count). The number of hydrogen-bond donors (Lipinski definition) is 2. The van der Waals surface area contributed by atoms with Crippen LogP contribution in [0.4, 0.5) is 5.69 Å². The molecule has 20 heavy (non-hydrogen) atoms. The Hall–Kier alpha value is -0.870. The normalized spacial score (nSPS) is 21.8. The molecule has 1 heterocycles. The van der Waals surface area contributed by atoms with Gasteiger partial charge in [-0.15, -0.1) is 11.8 Å². The number of thioether (sulfide) groups is 1. The zero-order valence-electron chi connectivity index (χ0n) is 10.5. The Labute approximate surface area is 132 Å². The fourth-order valence-corrected chi connectivity index (χ4v) is 4.03. The maximum atomic E-state index is 9.94. The van der Waals surface area contributed by atoms with Crippen LogP contribution in [0, 0.1) is 0 Å². The number of fused-ring (bicyclic) bond motifs is 1. The van der Waals surface area contributed by atoms with Gasteiger partial charge < -0.3 is 10.4 Å². The number of halogens is 2. The molecule has 2 aromatic rings. The molecule has 0 saturated carbocycles. The summed E-state index contributed by atoms with van der Waals surface area (Å²) in [5.74, 6) is 0.586. The van der Waals surface area contributed by atoms with Gasteiger partial charge in [-0.25, -0.2) is 0 Å². The quantitative estimate of drug-likeness (QED) is 0.806. The maximum absolute atomic E-state index is 9.94. The monoisotopic (exact) mass is 325 g/mol. The van der Waals surface area contributed by atoms with Gasteiger partial charge >= 0.3 is 0 Å². The Bertz CT molecular complexity index is 635. The van der Waals surface area contributed by atoms with Crippen LogP contribution in [0.15, 0.2) is 42.5 Å². The molecule has 0 fully saturated rings. The van der Waals surface area contributed by atoms with Crippen LogP contribution >= 0.6 is 35.0 Å². The molecule has 2 nitrogen and oxygen atoms in total. The van der Waals surface area contributed by atoms with Crippen molar-refractivity contribution in [3.8, 4) is 0 Å². The van der Waals surface area contributed by atoms with E-state index in [0.717, 1.165) is 21.8 Å². The van der Waals surface area contributed by atoms with Gasteiger partial charge in [0.25, 0.3) is 0 Å². The molecule has 1 aliphatic heterocycles. The van der Waals surface area contributed by atoms with E-state index in [-0.39, 0.29) is 5.25 Å². The topological polar surface area (TPSA) is 32.3 Å². The van der Waals surface area contributed by atoms with E-state index >= 15 is 0 Å². The predicted octanol–water partition coefficient (Wildman–Crippen LogP) is 4.56. The van der Waals surface area contributed by atoms with Crippen LogP contribution in [0.5, 0.6) is 0 Å². The zero-order chi connectivity index (χ0) is 14.1. The standard InChI is InChI=1S/C15H13Cl2NOS/c16-9-5-6-13-11(7-9)15(20-8-14(19)18-13)10-3-1-2-4-12(10)17/h1-7,14-15,18-19H,8H2/t14-,15+/m0/s1. The first kappa shape index (κ1) is 14.1. The van der Waals surface area contributed by atoms with E-state index in [4.69, 9.17) is 23.2 Å². The smallest absolute Gasteiger partial charge is 0.133 e. The molecule has 0 saturated heterocycles. The minimum atomic E-state index is -0.576. The van der Waals surface area contributed by atoms with Crippen molar-refractivity contribution in [3.63, 3.8) is 0 Å². The lowest BCUT2D eigenvalue weighted by Gasteiger charge is -2.18. The first-order chi connectivity index (χ1) is 9.65. The molecule has 1 aliphatic rings. The molecule has 0 bridgehead atoms. The molecule has 0 aliphatic carbocycles. The summed E-state index contributed by atoms with van der Waals surface area (Å²) in [6, 6.07) is 13.4. The molecule has 0 unspecified atom stereocenters. The third-order valence-corrected chi connectivity index (χ3v) is 5.16. The number of aliphatic hydroxyl groups excluding tert-OH is 1. The van der Waals surface area contributed by atoms with Crippen molar-refractivity contribution in [3.05, 3.63) is 63.6 Å². The van der Waals surface area contributed by atoms with Crippen molar-refractivity contribution in [1.29, 1.82) is 0 Å². The summed E-state index contributed by atoms with van der Waals surface area (Å²) in [6.07, 6.45) is -0.576. The maximum Gasteiger partial charge on any atom is 0.133 e. The molecule has 0 amide bonds. The highest BCUT2D eigenvalue weighted by molar-refractivity contribution is 7.99. The molecule has 104 valence electrons. The summed E-state index contributed by atoms with van der Waals surface area (Å²) >= 11 is 14.1. The van der Waals surface area contributed by atoms with E-state index in [1.54, 1.807) is 11.8 Å². The minimum Gasteiger partial charge on any atom is -0.373 e. The Kier molecular flexibility index (Phi) is 4.13. The molecule has 2 aromatic carbocycles. The van der Waals surface area contributed by atoms with Gasteiger partial charge in [-0.2, -0.15) is 0 Å². The van der Waals surface area contributed by atoms with Gasteiger partial charge in [0.2, 0.25) is 0 Å². The summed E-state index contributed by atoms with van der Waals surface area (Å²) in [7, 11) is 0. The molecular weight excluding hydrogens is 313 g/mol. The van der Waals surface area contributed by atoms with E-state index < -0.39 is 6.23 Å². The lowest BCUT2D eigenvalue weighted by Crippen LogP contribution is -2.19. The van der Waals surface area contributed by atoms with Crippen molar-refractivity contribution in [2.75, 3.05) is 11.1 Å². The highest BCUT2D eigenvalue weighted by Gasteiger charge is 2.25. The van der Waals surface area contributed by atoms with Crippen LogP contribution in [0.25, 0.3) is 0 Å². The van der Waals surface area contributed by atoms with Crippen LogP contribution in [0.3, 0.4) is 0 Å². The van der Waals surface area contributed by atoms with Gasteiger partial charge in [-0.05, 0) is 35.4 Å². The summed E-state index contributed by atoms with van der Waals surface area (Å²) in [5, 5.41) is 14.5. The molecular formula is C15H13Cl2NOS. The predicted molar refractivity (Wildman–Crippen MR) is 86.8 cm³/mol. The fourth-order valence-electron chi connectivity index (χ4n) is 2.33. The highest BCUT2D eigenvalue weighted by Crippen LogP contribution is 2.44. The average molecular weight is 326 g/mol. The van der Waals surface area contributed by atoms with Crippen molar-refractivity contribution in [2.45, 2.75) is 11.5 Å². The van der Waals surface area contributed by atoms with Gasteiger partial charge in [0.15, 0.2) is 0 Å². The molecule has 2 N–H and O–H groups in total. The van der Waals surface area contributed by atoms with Crippen molar-refractivity contribution in [1.82, 2.24) is 0 Å². The molecule has 0 spiro atoms. The SMILES string of the molecule is O[C@H]1CS[C@H](c2ccccc2Cl)c2cc(Cl)ccc2N1. The van der Waals surface area contributed by atoms with Gasteiger partial charge in [-0.1, -0.05) is 41.4 Å². The van der Waals surface area contributed by atoms with Crippen LogP contribution in [0.2, 0.25) is 10.0 Å². The third kappa shape index (κ3) is 2.77. The van der Waals surface area contributed by atoms with Crippen molar-refractivity contribution < 1.29 is 5.11 Å². The van der Waals surface area contributed by atoms with E-state index in [2.05, 4.69) is 5.32 Å². The van der Waals surface area contributed by atoms with Crippen molar-refractivity contribution >= 4 is 40.7 Å². The van der Waals surface area contributed by atoms with Crippen LogP contribution < -0.4 is 5.32 Å². The minimum absolute atomic E-state index is 0.0575. The van der Waals surface area contributed by atoms with Crippen LogP contribution in [0.1, 0.15) is 16.4 Å². The molecule has 0 aromatic heterocycles. The Morgan fingerprint density at radius 3 is 2.70 bits per heavy atom. The number of anilines is 1. The average Bonchev–Trinajstić information content (AvgIpc) is 2.58. The summed E-state index contributed by atoms with van der Waals surface area (Å²) in [5.41, 5.74) is 2.99. The largest absolute Gasteiger partial charge is 0.373 e. The second-order valence-corrected chi connectivity index (χ2v) is 6.61. The second-order valence-electron chi connectivity index (χ2n) is 4.63. The van der Waals surface area contributed by atoms with Crippen molar-refractivity contribution in [2.24, 2.45) is 0 Å². The summed E-state index contributed by atoms with van der Waals surface area (Å²) in [6.45, 7) is 0. The fraction of sp³-hybridized carbons (Fsp3) is 0.200. The number of rotatable bonds is 1. The summed E-state index contributed by atoms with van der Waals surface area (Å²) in [4.78, 5) is 0.